The molecule has 0 spiro atoms. The summed E-state index contributed by atoms with van der Waals surface area (Å²) >= 11 is 0. The van der Waals surface area contributed by atoms with Crippen molar-refractivity contribution in [1.29, 1.82) is 0 Å². The smallest absolute Gasteiger partial charge is 0.145 e. The van der Waals surface area contributed by atoms with E-state index in [1.807, 2.05) is 6.92 Å². The van der Waals surface area contributed by atoms with Crippen LogP contribution < -0.4 is 0 Å². The summed E-state index contributed by atoms with van der Waals surface area (Å²) in [6.45, 7) is 3.29. The highest BCUT2D eigenvalue weighted by Gasteiger charge is 1.92. The zero-order valence-electron chi connectivity index (χ0n) is 9.68. The van der Waals surface area contributed by atoms with Gasteiger partial charge in [0.1, 0.15) is 18.6 Å². The van der Waals surface area contributed by atoms with Crippen LogP contribution in [-0.4, -0.2) is 31.7 Å². The van der Waals surface area contributed by atoms with Gasteiger partial charge < -0.3 is 19.4 Å². The molecule has 1 rings (SSSR count). The summed E-state index contributed by atoms with van der Waals surface area (Å²) in [6, 6.07) is 6.67. The fourth-order valence-corrected chi connectivity index (χ4v) is 0.817. The average Bonchev–Trinajstić information content (AvgIpc) is 2.32. The Morgan fingerprint density at radius 2 is 1.88 bits per heavy atom. The maximum Gasteiger partial charge on any atom is 0.145 e. The van der Waals surface area contributed by atoms with Gasteiger partial charge in [0.15, 0.2) is 0 Å². The summed E-state index contributed by atoms with van der Waals surface area (Å²) in [5.74, 6) is 0.231. The van der Waals surface area contributed by atoms with E-state index in [4.69, 9.17) is 9.84 Å². The molecule has 0 saturated carbocycles. The van der Waals surface area contributed by atoms with Gasteiger partial charge in [0.2, 0.25) is 0 Å². The Morgan fingerprint density at radius 3 is 2.31 bits per heavy atom. The van der Waals surface area contributed by atoms with E-state index < -0.39 is 0 Å². The van der Waals surface area contributed by atoms with E-state index >= 15 is 0 Å². The molecule has 0 aliphatic carbocycles. The largest absolute Gasteiger partial charge is 0.508 e. The third kappa shape index (κ3) is 7.96. The number of benzene rings is 1. The van der Waals surface area contributed by atoms with E-state index in [9.17, 15) is 4.79 Å². The molecule has 1 aromatic rings. The van der Waals surface area contributed by atoms with Crippen LogP contribution in [0.1, 0.15) is 12.5 Å². The molecule has 16 heavy (non-hydrogen) atoms. The molecule has 0 aliphatic heterocycles. The predicted octanol–water partition coefficient (Wildman–Crippen LogP) is 1.76. The van der Waals surface area contributed by atoms with Crippen molar-refractivity contribution >= 4 is 6.29 Å². The molecule has 0 amide bonds. The summed E-state index contributed by atoms with van der Waals surface area (Å²) < 4.78 is 9.50. The van der Waals surface area contributed by atoms with Crippen LogP contribution in [0.5, 0.6) is 5.75 Å². The second kappa shape index (κ2) is 10.1. The van der Waals surface area contributed by atoms with Crippen molar-refractivity contribution in [3.05, 3.63) is 29.8 Å². The lowest BCUT2D eigenvalue weighted by atomic mass is 10.2. The fraction of sp³-hybridized carbons (Fsp3) is 0.417. The number of ether oxygens (including phenoxy) is 2. The fourth-order valence-electron chi connectivity index (χ4n) is 0.817. The second-order valence-electron chi connectivity index (χ2n) is 2.93. The van der Waals surface area contributed by atoms with Crippen LogP contribution in [0.3, 0.4) is 0 Å². The molecule has 0 unspecified atom stereocenters. The normalized spacial score (nSPS) is 9.12. The van der Waals surface area contributed by atoms with Gasteiger partial charge in [0.25, 0.3) is 0 Å². The van der Waals surface area contributed by atoms with E-state index in [1.165, 1.54) is 0 Å². The summed E-state index contributed by atoms with van der Waals surface area (Å²) in [6.07, 6.45) is 0.709. The molecule has 0 aromatic heterocycles. The lowest BCUT2D eigenvalue weighted by Gasteiger charge is -1.99. The monoisotopic (exact) mass is 226 g/mol. The summed E-state index contributed by atoms with van der Waals surface area (Å²) in [7, 11) is 1.68. The SMILES string of the molecule is CCOC.O=CCOCc1ccc(O)cc1. The standard InChI is InChI=1S/C9H10O3.C3H8O/c10-5-6-12-7-8-1-3-9(11)4-2-8;1-3-4-2/h1-5,11H,6-7H2;3H2,1-2H3. The van der Waals surface area contributed by atoms with Gasteiger partial charge in [-0.15, -0.1) is 0 Å². The third-order valence-electron chi connectivity index (χ3n) is 1.68. The van der Waals surface area contributed by atoms with E-state index in [-0.39, 0.29) is 12.4 Å². The lowest BCUT2D eigenvalue weighted by Crippen LogP contribution is -1.95. The first-order valence-electron chi connectivity index (χ1n) is 5.02. The molecular weight excluding hydrogens is 208 g/mol. The van der Waals surface area contributed by atoms with E-state index in [1.54, 1.807) is 31.4 Å². The van der Waals surface area contributed by atoms with Gasteiger partial charge in [-0.05, 0) is 24.6 Å². The van der Waals surface area contributed by atoms with Crippen LogP contribution in [0, 0.1) is 0 Å². The number of aromatic hydroxyl groups is 1. The molecule has 0 bridgehead atoms. The number of aldehydes is 1. The molecule has 4 nitrogen and oxygen atoms in total. The first-order valence-corrected chi connectivity index (χ1v) is 5.02. The van der Waals surface area contributed by atoms with Gasteiger partial charge in [-0.25, -0.2) is 0 Å². The number of phenols is 1. The Kier molecular flexibility index (Phi) is 9.26. The molecular formula is C12H18O4. The van der Waals surface area contributed by atoms with Crippen LogP contribution in [0.2, 0.25) is 0 Å². The zero-order valence-corrected chi connectivity index (χ0v) is 9.68. The van der Waals surface area contributed by atoms with Crippen molar-refractivity contribution in [2.24, 2.45) is 0 Å². The van der Waals surface area contributed by atoms with Gasteiger partial charge >= 0.3 is 0 Å². The number of methoxy groups -OCH3 is 1. The Balaban J connectivity index is 0.000000487. The molecule has 0 fully saturated rings. The molecule has 1 N–H and O–H groups in total. The summed E-state index contributed by atoms with van der Waals surface area (Å²) in [5, 5.41) is 8.93. The van der Waals surface area contributed by atoms with Crippen molar-refractivity contribution < 1.29 is 19.4 Å². The summed E-state index contributed by atoms with van der Waals surface area (Å²) in [5.41, 5.74) is 0.939. The highest BCUT2D eigenvalue weighted by atomic mass is 16.5. The van der Waals surface area contributed by atoms with Crippen molar-refractivity contribution in [2.45, 2.75) is 13.5 Å². The van der Waals surface area contributed by atoms with Gasteiger partial charge in [-0.1, -0.05) is 12.1 Å². The molecule has 0 radical (unpaired) electrons. The first kappa shape index (κ1) is 14.6. The highest BCUT2D eigenvalue weighted by Crippen LogP contribution is 2.09. The number of phenolic OH excluding ortho intramolecular Hbond substituents is 1. The molecule has 1 aromatic carbocycles. The topological polar surface area (TPSA) is 55.8 Å². The minimum absolute atomic E-state index is 0.112. The van der Waals surface area contributed by atoms with Crippen molar-refractivity contribution in [3.8, 4) is 5.75 Å². The van der Waals surface area contributed by atoms with Crippen LogP contribution in [-0.2, 0) is 20.9 Å². The molecule has 0 saturated heterocycles. The van der Waals surface area contributed by atoms with E-state index in [2.05, 4.69) is 4.74 Å². The average molecular weight is 226 g/mol. The second-order valence-corrected chi connectivity index (χ2v) is 2.93. The minimum Gasteiger partial charge on any atom is -0.508 e. The van der Waals surface area contributed by atoms with Crippen LogP contribution in [0.4, 0.5) is 0 Å². The number of hydrogen-bond acceptors (Lipinski definition) is 4. The molecule has 4 heteroatoms. The van der Waals surface area contributed by atoms with Crippen molar-refractivity contribution in [3.63, 3.8) is 0 Å². The maximum atomic E-state index is 9.88. The third-order valence-corrected chi connectivity index (χ3v) is 1.68. The molecule has 90 valence electrons. The number of carbonyl (C=O) groups excluding carboxylic acids is 1. The Bertz CT molecular complexity index is 267. The number of hydrogen-bond donors (Lipinski definition) is 1. The van der Waals surface area contributed by atoms with Crippen molar-refractivity contribution in [1.82, 2.24) is 0 Å². The minimum atomic E-state index is 0.112. The Labute approximate surface area is 95.8 Å². The quantitative estimate of drug-likeness (QED) is 0.614. The number of carbonyl (C=O) groups is 1. The van der Waals surface area contributed by atoms with Crippen LogP contribution >= 0.6 is 0 Å². The molecule has 0 atom stereocenters. The van der Waals surface area contributed by atoms with Gasteiger partial charge in [0.05, 0.1) is 6.61 Å². The zero-order chi connectivity index (χ0) is 12.2. The van der Waals surface area contributed by atoms with Gasteiger partial charge in [-0.2, -0.15) is 0 Å². The summed E-state index contributed by atoms with van der Waals surface area (Å²) in [4.78, 5) is 9.88. The molecule has 0 aliphatic rings. The Morgan fingerprint density at radius 1 is 1.31 bits per heavy atom. The predicted molar refractivity (Wildman–Crippen MR) is 61.4 cm³/mol. The lowest BCUT2D eigenvalue weighted by molar-refractivity contribution is -0.112. The highest BCUT2D eigenvalue weighted by molar-refractivity contribution is 5.50. The molecule has 0 heterocycles. The van der Waals surface area contributed by atoms with Crippen LogP contribution in [0.25, 0.3) is 0 Å². The van der Waals surface area contributed by atoms with Crippen molar-refractivity contribution in [2.75, 3.05) is 20.3 Å². The number of rotatable bonds is 5. The van der Waals surface area contributed by atoms with E-state index in [0.29, 0.717) is 12.9 Å². The van der Waals surface area contributed by atoms with Gasteiger partial charge in [-0.3, -0.25) is 0 Å². The Hall–Kier alpha value is -1.39. The van der Waals surface area contributed by atoms with Gasteiger partial charge in [0, 0.05) is 13.7 Å². The van der Waals surface area contributed by atoms with Crippen LogP contribution in [0.15, 0.2) is 24.3 Å². The maximum absolute atomic E-state index is 9.88. The first-order chi connectivity index (χ1) is 7.74. The van der Waals surface area contributed by atoms with E-state index in [0.717, 1.165) is 12.2 Å².